The number of methoxy groups -OCH3 is 2. The number of anilines is 1. The van der Waals surface area contributed by atoms with Crippen molar-refractivity contribution >= 4 is 17.7 Å². The van der Waals surface area contributed by atoms with Crippen LogP contribution in [0.1, 0.15) is 18.1 Å². The van der Waals surface area contributed by atoms with Gasteiger partial charge in [-0.3, -0.25) is 10.2 Å². The Balaban J connectivity index is 0.000000828. The third-order valence-electron chi connectivity index (χ3n) is 3.14. The first-order chi connectivity index (χ1) is 12.9. The number of pyridine rings is 1. The van der Waals surface area contributed by atoms with Gasteiger partial charge in [0, 0.05) is 13.1 Å². The summed E-state index contributed by atoms with van der Waals surface area (Å²) in [6.07, 6.45) is 1.56. The average molecular weight is 371 g/mol. The van der Waals surface area contributed by atoms with E-state index in [4.69, 9.17) is 30.0 Å². The van der Waals surface area contributed by atoms with E-state index < -0.39 is 5.97 Å². The zero-order valence-corrected chi connectivity index (χ0v) is 15.2. The van der Waals surface area contributed by atoms with Crippen molar-refractivity contribution in [2.24, 2.45) is 0 Å². The number of rotatable bonds is 5. The summed E-state index contributed by atoms with van der Waals surface area (Å²) in [5, 5.41) is 30.1. The van der Waals surface area contributed by atoms with Gasteiger partial charge in [0.25, 0.3) is 5.97 Å². The van der Waals surface area contributed by atoms with Crippen molar-refractivity contribution in [3.63, 3.8) is 0 Å². The smallest absolute Gasteiger partial charge is 0.300 e. The summed E-state index contributed by atoms with van der Waals surface area (Å²) in [7, 11) is 3.16. The second-order valence-corrected chi connectivity index (χ2v) is 5.03. The number of benzene rings is 1. The minimum atomic E-state index is -0.833. The van der Waals surface area contributed by atoms with Crippen molar-refractivity contribution in [1.82, 2.24) is 10.3 Å². The van der Waals surface area contributed by atoms with E-state index in [0.717, 1.165) is 12.5 Å². The van der Waals surface area contributed by atoms with Crippen LogP contribution in [0.5, 0.6) is 11.5 Å². The van der Waals surface area contributed by atoms with E-state index in [9.17, 15) is 0 Å². The summed E-state index contributed by atoms with van der Waals surface area (Å²) >= 11 is 0. The van der Waals surface area contributed by atoms with Crippen LogP contribution in [0, 0.1) is 16.7 Å². The normalized spacial score (nSPS) is 9.11. The summed E-state index contributed by atoms with van der Waals surface area (Å²) < 4.78 is 10.6. The van der Waals surface area contributed by atoms with Gasteiger partial charge >= 0.3 is 0 Å². The molecule has 4 N–H and O–H groups in total. The number of aromatic nitrogens is 1. The van der Waals surface area contributed by atoms with E-state index in [2.05, 4.69) is 15.6 Å². The monoisotopic (exact) mass is 371 g/mol. The van der Waals surface area contributed by atoms with E-state index >= 15 is 0 Å². The summed E-state index contributed by atoms with van der Waals surface area (Å²) in [5.74, 6) is 0.855. The maximum atomic E-state index is 9.02. The van der Waals surface area contributed by atoms with Crippen LogP contribution >= 0.6 is 0 Å². The molecule has 0 radical (unpaired) electrons. The minimum absolute atomic E-state index is 0.0214. The van der Waals surface area contributed by atoms with E-state index in [1.54, 1.807) is 32.5 Å². The molecular formula is C18H21N5O4. The molecule has 27 heavy (non-hydrogen) atoms. The topological polar surface area (TPSA) is 140 Å². The van der Waals surface area contributed by atoms with Gasteiger partial charge in [-0.2, -0.15) is 5.26 Å². The number of ether oxygens (including phenoxy) is 2. The highest BCUT2D eigenvalue weighted by Gasteiger charge is 2.11. The van der Waals surface area contributed by atoms with Gasteiger partial charge in [0.1, 0.15) is 17.6 Å². The Morgan fingerprint density at radius 2 is 1.85 bits per heavy atom. The Labute approximate surface area is 157 Å². The number of hydrogen-bond acceptors (Lipinski definition) is 6. The Morgan fingerprint density at radius 3 is 2.37 bits per heavy atom. The molecule has 9 heteroatoms. The van der Waals surface area contributed by atoms with Gasteiger partial charge in [-0.25, -0.2) is 4.98 Å². The number of nitrogens with one attached hydrogen (secondary N) is 3. The van der Waals surface area contributed by atoms with Gasteiger partial charge < -0.3 is 25.2 Å². The molecule has 0 fully saturated rings. The SMILES string of the molecule is CC(=O)O.COc1cccc(OC)c1CNC(=N)Nc1ncccc1C#N. The molecule has 0 aliphatic carbocycles. The van der Waals surface area contributed by atoms with Crippen molar-refractivity contribution in [3.05, 3.63) is 47.7 Å². The summed E-state index contributed by atoms with van der Waals surface area (Å²) in [5.41, 5.74) is 1.17. The molecule has 1 aromatic carbocycles. The molecular weight excluding hydrogens is 350 g/mol. The van der Waals surface area contributed by atoms with Crippen molar-refractivity contribution in [1.29, 1.82) is 10.7 Å². The number of nitriles is 1. The zero-order valence-electron chi connectivity index (χ0n) is 15.2. The third kappa shape index (κ3) is 6.91. The van der Waals surface area contributed by atoms with E-state index in [1.807, 2.05) is 24.3 Å². The molecule has 0 aliphatic rings. The lowest BCUT2D eigenvalue weighted by atomic mass is 10.1. The quantitative estimate of drug-likeness (QED) is 0.463. The molecule has 0 unspecified atom stereocenters. The molecule has 1 heterocycles. The van der Waals surface area contributed by atoms with Gasteiger partial charge in [0.15, 0.2) is 11.8 Å². The molecule has 9 nitrogen and oxygen atoms in total. The second kappa shape index (κ2) is 10.9. The van der Waals surface area contributed by atoms with Gasteiger partial charge in [-0.05, 0) is 24.3 Å². The largest absolute Gasteiger partial charge is 0.496 e. The van der Waals surface area contributed by atoms with Crippen LogP contribution in [0.15, 0.2) is 36.5 Å². The fourth-order valence-electron chi connectivity index (χ4n) is 2.04. The van der Waals surface area contributed by atoms with Crippen LogP contribution in [0.25, 0.3) is 0 Å². The van der Waals surface area contributed by atoms with Crippen molar-refractivity contribution < 1.29 is 19.4 Å². The Kier molecular flexibility index (Phi) is 8.61. The first kappa shape index (κ1) is 21.2. The first-order valence-electron chi connectivity index (χ1n) is 7.76. The van der Waals surface area contributed by atoms with E-state index in [1.165, 1.54) is 0 Å². The molecule has 0 bridgehead atoms. The highest BCUT2D eigenvalue weighted by Crippen LogP contribution is 2.27. The van der Waals surface area contributed by atoms with Crippen LogP contribution in [-0.4, -0.2) is 36.2 Å². The predicted octanol–water partition coefficient (Wildman–Crippen LogP) is 2.20. The van der Waals surface area contributed by atoms with Crippen LogP contribution in [0.3, 0.4) is 0 Å². The number of nitrogens with zero attached hydrogens (tertiary/aromatic N) is 2. The zero-order chi connectivity index (χ0) is 20.2. The summed E-state index contributed by atoms with van der Waals surface area (Å²) in [6, 6.07) is 10.8. The Morgan fingerprint density at radius 1 is 1.26 bits per heavy atom. The number of carbonyl (C=O) groups is 1. The van der Waals surface area contributed by atoms with E-state index in [0.29, 0.717) is 29.4 Å². The highest BCUT2D eigenvalue weighted by molar-refractivity contribution is 5.91. The number of guanidine groups is 1. The minimum Gasteiger partial charge on any atom is -0.496 e. The molecule has 0 amide bonds. The molecule has 0 aliphatic heterocycles. The second-order valence-electron chi connectivity index (χ2n) is 5.03. The number of carboxylic acids is 1. The molecule has 0 saturated carbocycles. The molecule has 0 saturated heterocycles. The lowest BCUT2D eigenvalue weighted by Crippen LogP contribution is -2.30. The van der Waals surface area contributed by atoms with Gasteiger partial charge in [-0.15, -0.1) is 0 Å². The summed E-state index contributed by atoms with van der Waals surface area (Å²) in [4.78, 5) is 13.0. The number of carboxylic acid groups (broad SMARTS) is 1. The maximum Gasteiger partial charge on any atom is 0.300 e. The summed E-state index contributed by atoms with van der Waals surface area (Å²) in [6.45, 7) is 1.41. The maximum absolute atomic E-state index is 9.02. The lowest BCUT2D eigenvalue weighted by Gasteiger charge is -2.15. The van der Waals surface area contributed by atoms with Gasteiger partial charge in [0.05, 0.1) is 31.9 Å². The molecule has 1 aromatic heterocycles. The van der Waals surface area contributed by atoms with Crippen LogP contribution in [-0.2, 0) is 11.3 Å². The fourth-order valence-corrected chi connectivity index (χ4v) is 2.04. The highest BCUT2D eigenvalue weighted by atomic mass is 16.5. The van der Waals surface area contributed by atoms with Crippen LogP contribution in [0.4, 0.5) is 5.82 Å². The van der Waals surface area contributed by atoms with Crippen molar-refractivity contribution in [2.75, 3.05) is 19.5 Å². The van der Waals surface area contributed by atoms with Gasteiger partial charge in [-0.1, -0.05) is 6.07 Å². The van der Waals surface area contributed by atoms with Crippen molar-refractivity contribution in [3.8, 4) is 17.6 Å². The van der Waals surface area contributed by atoms with Gasteiger partial charge in [0.2, 0.25) is 0 Å². The lowest BCUT2D eigenvalue weighted by molar-refractivity contribution is -0.134. The fraction of sp³-hybridized carbons (Fsp3) is 0.222. The molecule has 2 aromatic rings. The van der Waals surface area contributed by atoms with Crippen LogP contribution in [0.2, 0.25) is 0 Å². The standard InChI is InChI=1S/C16H17N5O2.C2H4O2/c1-22-13-6-3-7-14(23-2)12(13)10-20-16(18)21-15-11(9-17)5-4-8-19-15;1-2(3)4/h3-8H,10H2,1-2H3,(H3,18,19,20,21);1H3,(H,3,4). The molecule has 0 atom stereocenters. The molecule has 2 rings (SSSR count). The van der Waals surface area contributed by atoms with Crippen LogP contribution < -0.4 is 20.1 Å². The molecule has 142 valence electrons. The number of hydrogen-bond donors (Lipinski definition) is 4. The average Bonchev–Trinajstić information content (AvgIpc) is 2.66. The predicted molar refractivity (Wildman–Crippen MR) is 100.0 cm³/mol. The first-order valence-corrected chi connectivity index (χ1v) is 7.76. The Hall–Kier alpha value is -3.80. The van der Waals surface area contributed by atoms with E-state index in [-0.39, 0.29) is 5.96 Å². The Bertz CT molecular complexity index is 806. The third-order valence-corrected chi connectivity index (χ3v) is 3.14. The number of aliphatic carboxylic acids is 1. The van der Waals surface area contributed by atoms with Crippen molar-refractivity contribution in [2.45, 2.75) is 13.5 Å². The molecule has 0 spiro atoms.